The third-order valence-electron chi connectivity index (χ3n) is 2.87. The Bertz CT molecular complexity index is 136. The summed E-state index contributed by atoms with van der Waals surface area (Å²) in [6, 6.07) is 0.648. The van der Waals surface area contributed by atoms with Crippen molar-refractivity contribution in [3.63, 3.8) is 0 Å². The van der Waals surface area contributed by atoms with Crippen molar-refractivity contribution < 1.29 is 0 Å². The number of likely N-dealkylation sites (N-methyl/N-ethyl adjacent to an activating group) is 1. The van der Waals surface area contributed by atoms with Crippen LogP contribution >= 0.6 is 0 Å². The van der Waals surface area contributed by atoms with Gasteiger partial charge in [0.05, 0.1) is 0 Å². The Labute approximate surface area is 88.2 Å². The molecule has 0 aromatic rings. The van der Waals surface area contributed by atoms with Gasteiger partial charge in [-0.1, -0.05) is 19.8 Å². The molecule has 2 N–H and O–H groups in total. The lowest BCUT2D eigenvalue weighted by Gasteiger charge is -2.33. The average Bonchev–Trinajstić information content (AvgIpc) is 2.19. The summed E-state index contributed by atoms with van der Waals surface area (Å²) in [7, 11) is 2.03. The lowest BCUT2D eigenvalue weighted by Crippen LogP contribution is -2.54. The summed E-state index contributed by atoms with van der Waals surface area (Å²) >= 11 is 0. The van der Waals surface area contributed by atoms with Crippen molar-refractivity contribution in [1.82, 2.24) is 15.5 Å². The molecule has 14 heavy (non-hydrogen) atoms. The topological polar surface area (TPSA) is 27.3 Å². The number of nitrogens with one attached hydrogen (secondary N) is 2. The second-order valence-corrected chi connectivity index (χ2v) is 4.22. The minimum absolute atomic E-state index is 0.648. The number of piperazine rings is 1. The summed E-state index contributed by atoms with van der Waals surface area (Å²) in [6.07, 6.45) is 4.06. The lowest BCUT2D eigenvalue weighted by atomic mass is 10.2. The molecule has 1 heterocycles. The van der Waals surface area contributed by atoms with Gasteiger partial charge in [-0.05, 0) is 20.0 Å². The Morgan fingerprint density at radius 1 is 1.43 bits per heavy atom. The van der Waals surface area contributed by atoms with Gasteiger partial charge < -0.3 is 15.5 Å². The average molecular weight is 199 g/mol. The summed E-state index contributed by atoms with van der Waals surface area (Å²) < 4.78 is 0. The predicted molar refractivity (Wildman–Crippen MR) is 61.7 cm³/mol. The van der Waals surface area contributed by atoms with Crippen LogP contribution < -0.4 is 10.6 Å². The Morgan fingerprint density at radius 2 is 2.29 bits per heavy atom. The molecular weight excluding hydrogens is 174 g/mol. The Balaban J connectivity index is 2.12. The maximum Gasteiger partial charge on any atom is 0.0320 e. The fourth-order valence-electron chi connectivity index (χ4n) is 2.07. The summed E-state index contributed by atoms with van der Waals surface area (Å²) in [6.45, 7) is 8.23. The van der Waals surface area contributed by atoms with Gasteiger partial charge in [0.2, 0.25) is 0 Å². The van der Waals surface area contributed by atoms with E-state index in [1.807, 2.05) is 7.05 Å². The van der Waals surface area contributed by atoms with Gasteiger partial charge in [0.1, 0.15) is 0 Å². The third-order valence-corrected chi connectivity index (χ3v) is 2.87. The molecule has 1 fully saturated rings. The van der Waals surface area contributed by atoms with Gasteiger partial charge in [0, 0.05) is 32.2 Å². The zero-order chi connectivity index (χ0) is 10.2. The van der Waals surface area contributed by atoms with Crippen molar-refractivity contribution in [2.45, 2.75) is 32.2 Å². The molecule has 1 aliphatic heterocycles. The molecule has 0 aromatic heterocycles. The van der Waals surface area contributed by atoms with Crippen LogP contribution in [0.2, 0.25) is 0 Å². The summed E-state index contributed by atoms with van der Waals surface area (Å²) in [4.78, 5) is 2.59. The zero-order valence-corrected chi connectivity index (χ0v) is 9.68. The molecule has 3 nitrogen and oxygen atoms in total. The highest BCUT2D eigenvalue weighted by atomic mass is 15.2. The van der Waals surface area contributed by atoms with Crippen LogP contribution in [0, 0.1) is 0 Å². The minimum Gasteiger partial charge on any atom is -0.318 e. The molecule has 0 bridgehead atoms. The van der Waals surface area contributed by atoms with E-state index in [1.165, 1.54) is 38.9 Å². The predicted octanol–water partition coefficient (Wildman–Crippen LogP) is 0.670. The van der Waals surface area contributed by atoms with E-state index in [9.17, 15) is 0 Å². The largest absolute Gasteiger partial charge is 0.318 e. The number of hydrogen-bond donors (Lipinski definition) is 2. The van der Waals surface area contributed by atoms with E-state index < -0.39 is 0 Å². The van der Waals surface area contributed by atoms with E-state index in [4.69, 9.17) is 0 Å². The fraction of sp³-hybridized carbons (Fsp3) is 1.00. The second kappa shape index (κ2) is 7.21. The highest BCUT2D eigenvalue weighted by Gasteiger charge is 2.17. The highest BCUT2D eigenvalue weighted by molar-refractivity contribution is 4.79. The Morgan fingerprint density at radius 3 is 3.00 bits per heavy atom. The Kier molecular flexibility index (Phi) is 6.15. The molecule has 3 heteroatoms. The monoisotopic (exact) mass is 199 g/mol. The first kappa shape index (κ1) is 12.0. The first-order valence-corrected chi connectivity index (χ1v) is 5.97. The van der Waals surface area contributed by atoms with E-state index >= 15 is 0 Å². The number of unbranched alkanes of at least 4 members (excludes halogenated alkanes) is 2. The van der Waals surface area contributed by atoms with Gasteiger partial charge in [-0.2, -0.15) is 0 Å². The van der Waals surface area contributed by atoms with Gasteiger partial charge in [-0.3, -0.25) is 0 Å². The first-order chi connectivity index (χ1) is 6.86. The molecule has 1 atom stereocenters. The molecule has 0 aromatic carbocycles. The molecule has 1 unspecified atom stereocenters. The maximum atomic E-state index is 3.54. The normalized spacial score (nSPS) is 24.0. The van der Waals surface area contributed by atoms with E-state index in [2.05, 4.69) is 22.5 Å². The van der Waals surface area contributed by atoms with Crippen LogP contribution in [0.3, 0.4) is 0 Å². The quantitative estimate of drug-likeness (QED) is 0.616. The van der Waals surface area contributed by atoms with Crippen molar-refractivity contribution in [2.75, 3.05) is 39.8 Å². The number of rotatable bonds is 6. The van der Waals surface area contributed by atoms with Crippen LogP contribution in [-0.2, 0) is 0 Å². The lowest BCUT2D eigenvalue weighted by molar-refractivity contribution is 0.195. The van der Waals surface area contributed by atoms with Crippen LogP contribution in [0.4, 0.5) is 0 Å². The van der Waals surface area contributed by atoms with Gasteiger partial charge in [-0.25, -0.2) is 0 Å². The third kappa shape index (κ3) is 4.40. The standard InChI is InChI=1S/C11H25N3/c1-3-4-5-7-14-8-6-13-11(10-14)9-12-2/h11-13H,3-10H2,1-2H3. The van der Waals surface area contributed by atoms with Crippen molar-refractivity contribution in [2.24, 2.45) is 0 Å². The van der Waals surface area contributed by atoms with Crippen LogP contribution in [0.5, 0.6) is 0 Å². The number of nitrogens with zero attached hydrogens (tertiary/aromatic N) is 1. The van der Waals surface area contributed by atoms with Crippen LogP contribution in [0.25, 0.3) is 0 Å². The highest BCUT2D eigenvalue weighted by Crippen LogP contribution is 2.02. The van der Waals surface area contributed by atoms with Gasteiger partial charge >= 0.3 is 0 Å². The van der Waals surface area contributed by atoms with Crippen LogP contribution in [0.1, 0.15) is 26.2 Å². The van der Waals surface area contributed by atoms with Crippen molar-refractivity contribution in [1.29, 1.82) is 0 Å². The van der Waals surface area contributed by atoms with Crippen LogP contribution in [0.15, 0.2) is 0 Å². The van der Waals surface area contributed by atoms with E-state index in [0.717, 1.165) is 13.1 Å². The fourth-order valence-corrected chi connectivity index (χ4v) is 2.07. The smallest absolute Gasteiger partial charge is 0.0320 e. The minimum atomic E-state index is 0.648. The van der Waals surface area contributed by atoms with Crippen LogP contribution in [-0.4, -0.2) is 50.7 Å². The molecule has 0 aliphatic carbocycles. The number of hydrogen-bond acceptors (Lipinski definition) is 3. The SMILES string of the molecule is CCCCCN1CCNC(CNC)C1. The van der Waals surface area contributed by atoms with Gasteiger partial charge in [-0.15, -0.1) is 0 Å². The van der Waals surface area contributed by atoms with Gasteiger partial charge in [0.15, 0.2) is 0 Å². The van der Waals surface area contributed by atoms with E-state index in [1.54, 1.807) is 0 Å². The molecule has 0 spiro atoms. The molecule has 0 saturated carbocycles. The summed E-state index contributed by atoms with van der Waals surface area (Å²) in [5.41, 5.74) is 0. The van der Waals surface area contributed by atoms with Crippen molar-refractivity contribution in [3.05, 3.63) is 0 Å². The zero-order valence-electron chi connectivity index (χ0n) is 9.68. The molecule has 1 rings (SSSR count). The summed E-state index contributed by atoms with van der Waals surface area (Å²) in [5.74, 6) is 0. The molecular formula is C11H25N3. The van der Waals surface area contributed by atoms with Gasteiger partial charge in [0.25, 0.3) is 0 Å². The van der Waals surface area contributed by atoms with E-state index in [0.29, 0.717) is 6.04 Å². The molecule has 84 valence electrons. The van der Waals surface area contributed by atoms with Crippen molar-refractivity contribution >= 4 is 0 Å². The van der Waals surface area contributed by atoms with E-state index in [-0.39, 0.29) is 0 Å². The maximum absolute atomic E-state index is 3.54. The second-order valence-electron chi connectivity index (χ2n) is 4.22. The van der Waals surface area contributed by atoms with Crippen molar-refractivity contribution in [3.8, 4) is 0 Å². The molecule has 0 radical (unpaired) electrons. The first-order valence-electron chi connectivity index (χ1n) is 5.97. The summed E-state index contributed by atoms with van der Waals surface area (Å²) in [5, 5.41) is 6.77. The Hall–Kier alpha value is -0.120. The molecule has 0 amide bonds. The molecule has 1 saturated heterocycles. The molecule has 1 aliphatic rings.